The molecule has 2 heterocycles. The SMILES string of the molecule is Cc1nc2c(cnn2C(C)(C)C)c(=O)n1CCC(=O)Nc1cccc(F)c1. The van der Waals surface area contributed by atoms with Crippen molar-refractivity contribution in [3.05, 3.63) is 52.5 Å². The minimum Gasteiger partial charge on any atom is -0.326 e. The second-order valence-corrected chi connectivity index (χ2v) is 7.39. The quantitative estimate of drug-likeness (QED) is 0.765. The number of anilines is 1. The van der Waals surface area contributed by atoms with Crippen molar-refractivity contribution in [3.8, 4) is 0 Å². The third kappa shape index (κ3) is 3.89. The Morgan fingerprint density at radius 1 is 1.30 bits per heavy atom. The van der Waals surface area contributed by atoms with E-state index in [0.717, 1.165) is 0 Å². The van der Waals surface area contributed by atoms with Crippen molar-refractivity contribution in [2.75, 3.05) is 5.32 Å². The fraction of sp³-hybridized carbons (Fsp3) is 0.368. The van der Waals surface area contributed by atoms with Gasteiger partial charge in [0.05, 0.1) is 11.7 Å². The van der Waals surface area contributed by atoms with Crippen molar-refractivity contribution in [2.24, 2.45) is 0 Å². The second-order valence-electron chi connectivity index (χ2n) is 7.39. The van der Waals surface area contributed by atoms with Crippen LogP contribution in [0.1, 0.15) is 33.0 Å². The average molecular weight is 371 g/mol. The van der Waals surface area contributed by atoms with Gasteiger partial charge < -0.3 is 5.32 Å². The molecule has 1 amide bonds. The second kappa shape index (κ2) is 6.94. The minimum absolute atomic E-state index is 0.0673. The van der Waals surface area contributed by atoms with Crippen LogP contribution in [0.25, 0.3) is 11.0 Å². The van der Waals surface area contributed by atoms with E-state index in [-0.39, 0.29) is 30.0 Å². The van der Waals surface area contributed by atoms with Gasteiger partial charge in [0.1, 0.15) is 17.0 Å². The Bertz CT molecular complexity index is 1060. The first-order chi connectivity index (χ1) is 12.7. The van der Waals surface area contributed by atoms with Crippen LogP contribution in [-0.2, 0) is 16.9 Å². The number of hydrogen-bond acceptors (Lipinski definition) is 4. The van der Waals surface area contributed by atoms with Gasteiger partial charge in [-0.15, -0.1) is 0 Å². The number of carbonyl (C=O) groups is 1. The monoisotopic (exact) mass is 371 g/mol. The molecule has 142 valence electrons. The Balaban J connectivity index is 1.81. The smallest absolute Gasteiger partial charge is 0.264 e. The van der Waals surface area contributed by atoms with Gasteiger partial charge in [-0.25, -0.2) is 14.1 Å². The zero-order valence-electron chi connectivity index (χ0n) is 15.8. The van der Waals surface area contributed by atoms with Crippen molar-refractivity contribution in [3.63, 3.8) is 0 Å². The van der Waals surface area contributed by atoms with Crippen molar-refractivity contribution in [2.45, 2.75) is 46.2 Å². The Labute approximate surface area is 155 Å². The number of aryl methyl sites for hydroxylation is 1. The summed E-state index contributed by atoms with van der Waals surface area (Å²) in [6, 6.07) is 5.66. The van der Waals surface area contributed by atoms with E-state index >= 15 is 0 Å². The number of fused-ring (bicyclic) bond motifs is 1. The molecule has 0 unspecified atom stereocenters. The van der Waals surface area contributed by atoms with E-state index in [1.807, 2.05) is 20.8 Å². The topological polar surface area (TPSA) is 81.8 Å². The summed E-state index contributed by atoms with van der Waals surface area (Å²) in [7, 11) is 0. The van der Waals surface area contributed by atoms with Gasteiger partial charge in [0, 0.05) is 18.7 Å². The normalized spacial score (nSPS) is 11.7. The summed E-state index contributed by atoms with van der Waals surface area (Å²) in [5.41, 5.74) is 0.381. The van der Waals surface area contributed by atoms with E-state index in [9.17, 15) is 14.0 Å². The Morgan fingerprint density at radius 2 is 2.04 bits per heavy atom. The van der Waals surface area contributed by atoms with E-state index in [2.05, 4.69) is 15.4 Å². The number of aromatic nitrogens is 4. The zero-order valence-corrected chi connectivity index (χ0v) is 15.8. The molecule has 0 radical (unpaired) electrons. The van der Waals surface area contributed by atoms with E-state index < -0.39 is 5.82 Å². The van der Waals surface area contributed by atoms with Crippen LogP contribution in [0.5, 0.6) is 0 Å². The van der Waals surface area contributed by atoms with Gasteiger partial charge >= 0.3 is 0 Å². The van der Waals surface area contributed by atoms with Crippen molar-refractivity contribution in [1.82, 2.24) is 19.3 Å². The number of carbonyl (C=O) groups excluding carboxylic acids is 1. The van der Waals surface area contributed by atoms with E-state index in [4.69, 9.17) is 0 Å². The van der Waals surface area contributed by atoms with Crippen LogP contribution in [0.2, 0.25) is 0 Å². The zero-order chi connectivity index (χ0) is 19.8. The molecule has 0 aliphatic carbocycles. The fourth-order valence-electron chi connectivity index (χ4n) is 2.86. The standard InChI is InChI=1S/C19H22FN5O2/c1-12-22-17-15(11-21-25(17)19(2,3)4)18(27)24(12)9-8-16(26)23-14-7-5-6-13(20)10-14/h5-7,10-11H,8-9H2,1-4H3,(H,23,26). The van der Waals surface area contributed by atoms with Crippen molar-refractivity contribution < 1.29 is 9.18 Å². The maximum atomic E-state index is 13.2. The molecule has 0 spiro atoms. The first kappa shape index (κ1) is 18.8. The molecule has 0 bridgehead atoms. The molecule has 8 heteroatoms. The van der Waals surface area contributed by atoms with Gasteiger partial charge in [0.15, 0.2) is 5.65 Å². The molecule has 0 aliphatic rings. The highest BCUT2D eigenvalue weighted by Crippen LogP contribution is 2.18. The number of halogens is 1. The Hall–Kier alpha value is -3.03. The Kier molecular flexibility index (Phi) is 4.82. The summed E-state index contributed by atoms with van der Waals surface area (Å²) < 4.78 is 16.4. The van der Waals surface area contributed by atoms with Crippen LogP contribution in [-0.4, -0.2) is 25.2 Å². The lowest BCUT2D eigenvalue weighted by Gasteiger charge is -2.20. The van der Waals surface area contributed by atoms with E-state index in [1.54, 1.807) is 17.7 Å². The van der Waals surface area contributed by atoms with Crippen LogP contribution in [0.4, 0.5) is 10.1 Å². The number of benzene rings is 1. The summed E-state index contributed by atoms with van der Waals surface area (Å²) in [6.07, 6.45) is 1.58. The van der Waals surface area contributed by atoms with Gasteiger partial charge in [-0.3, -0.25) is 14.2 Å². The molecule has 0 atom stereocenters. The van der Waals surface area contributed by atoms with Crippen LogP contribution in [0.3, 0.4) is 0 Å². The summed E-state index contributed by atoms with van der Waals surface area (Å²) >= 11 is 0. The van der Waals surface area contributed by atoms with Gasteiger partial charge in [-0.1, -0.05) is 6.07 Å². The molecule has 7 nitrogen and oxygen atoms in total. The third-order valence-electron chi connectivity index (χ3n) is 4.18. The summed E-state index contributed by atoms with van der Waals surface area (Å²) in [6.45, 7) is 7.86. The molecule has 1 aromatic carbocycles. The average Bonchev–Trinajstić information content (AvgIpc) is 2.98. The maximum absolute atomic E-state index is 13.2. The molecular weight excluding hydrogens is 349 g/mol. The molecule has 0 aliphatic heterocycles. The number of nitrogens with zero attached hydrogens (tertiary/aromatic N) is 4. The van der Waals surface area contributed by atoms with Gasteiger partial charge in [-0.2, -0.15) is 5.10 Å². The van der Waals surface area contributed by atoms with Crippen LogP contribution >= 0.6 is 0 Å². The van der Waals surface area contributed by atoms with Crippen LogP contribution in [0, 0.1) is 12.7 Å². The third-order valence-corrected chi connectivity index (χ3v) is 4.18. The Morgan fingerprint density at radius 3 is 2.70 bits per heavy atom. The van der Waals surface area contributed by atoms with Crippen molar-refractivity contribution >= 4 is 22.6 Å². The molecule has 3 aromatic rings. The number of amides is 1. The molecule has 0 fully saturated rings. The molecule has 1 N–H and O–H groups in total. The number of nitrogens with one attached hydrogen (secondary N) is 1. The lowest BCUT2D eigenvalue weighted by Crippen LogP contribution is -2.28. The maximum Gasteiger partial charge on any atom is 0.264 e. The highest BCUT2D eigenvalue weighted by atomic mass is 19.1. The molecule has 0 saturated carbocycles. The predicted octanol–water partition coefficient (Wildman–Crippen LogP) is 2.82. The lowest BCUT2D eigenvalue weighted by atomic mass is 10.1. The molecule has 27 heavy (non-hydrogen) atoms. The predicted molar refractivity (Wildman–Crippen MR) is 101 cm³/mol. The fourth-order valence-corrected chi connectivity index (χ4v) is 2.86. The highest BCUT2D eigenvalue weighted by Gasteiger charge is 2.21. The minimum atomic E-state index is -0.426. The first-order valence-electron chi connectivity index (χ1n) is 8.68. The van der Waals surface area contributed by atoms with Gasteiger partial charge in [0.25, 0.3) is 5.56 Å². The van der Waals surface area contributed by atoms with E-state index in [0.29, 0.717) is 22.5 Å². The summed E-state index contributed by atoms with van der Waals surface area (Å²) in [5.74, 6) is -0.222. The lowest BCUT2D eigenvalue weighted by molar-refractivity contribution is -0.116. The summed E-state index contributed by atoms with van der Waals surface area (Å²) in [5, 5.41) is 7.33. The van der Waals surface area contributed by atoms with Crippen LogP contribution in [0.15, 0.2) is 35.3 Å². The number of rotatable bonds is 4. The largest absolute Gasteiger partial charge is 0.326 e. The van der Waals surface area contributed by atoms with E-state index in [1.165, 1.54) is 29.0 Å². The molecule has 2 aromatic heterocycles. The van der Waals surface area contributed by atoms with Crippen LogP contribution < -0.4 is 10.9 Å². The number of hydrogen-bond donors (Lipinski definition) is 1. The highest BCUT2D eigenvalue weighted by molar-refractivity contribution is 5.90. The molecule has 0 saturated heterocycles. The molecular formula is C19H22FN5O2. The first-order valence-corrected chi connectivity index (χ1v) is 8.68. The van der Waals surface area contributed by atoms with Gasteiger partial charge in [-0.05, 0) is 45.9 Å². The van der Waals surface area contributed by atoms with Gasteiger partial charge in [0.2, 0.25) is 5.91 Å². The molecule has 3 rings (SSSR count). The van der Waals surface area contributed by atoms with Crippen molar-refractivity contribution in [1.29, 1.82) is 0 Å². The summed E-state index contributed by atoms with van der Waals surface area (Å²) in [4.78, 5) is 29.4.